The Morgan fingerprint density at radius 2 is 2.50 bits per heavy atom. The van der Waals surface area contributed by atoms with Crippen LogP contribution in [0.4, 0.5) is 0 Å². The zero-order valence-corrected chi connectivity index (χ0v) is 8.30. The number of allylic oxidation sites excluding steroid dienone is 1. The number of hydrogen-bond acceptors (Lipinski definition) is 1. The highest BCUT2D eigenvalue weighted by Gasteiger charge is 2.09. The maximum Gasteiger partial charge on any atom is 0.0147 e. The lowest BCUT2D eigenvalue weighted by molar-refractivity contribution is 0.706. The lowest BCUT2D eigenvalue weighted by Crippen LogP contribution is -2.07. The predicted molar refractivity (Wildman–Crippen MR) is 53.4 cm³/mol. The molecule has 0 aliphatic heterocycles. The minimum Gasteiger partial charge on any atom is -0.330 e. The van der Waals surface area contributed by atoms with Crippen molar-refractivity contribution < 1.29 is 0 Å². The first-order valence-corrected chi connectivity index (χ1v) is 5.09. The van der Waals surface area contributed by atoms with E-state index in [2.05, 4.69) is 28.7 Å². The van der Waals surface area contributed by atoms with Crippen molar-refractivity contribution in [1.82, 2.24) is 0 Å². The fraction of sp³-hybridized carbons (Fsp3) is 0.750. The van der Waals surface area contributed by atoms with Crippen molar-refractivity contribution in [2.24, 2.45) is 5.73 Å². The van der Waals surface area contributed by atoms with E-state index in [4.69, 9.17) is 5.73 Å². The van der Waals surface area contributed by atoms with Crippen molar-refractivity contribution >= 4 is 22.6 Å². The summed E-state index contributed by atoms with van der Waals surface area (Å²) in [5.74, 6) is 0. The molecule has 58 valence electrons. The molecule has 0 spiro atoms. The van der Waals surface area contributed by atoms with E-state index < -0.39 is 0 Å². The summed E-state index contributed by atoms with van der Waals surface area (Å²) >= 11 is 2.52. The molecule has 0 fully saturated rings. The largest absolute Gasteiger partial charge is 0.330 e. The van der Waals surface area contributed by atoms with Crippen LogP contribution < -0.4 is 5.73 Å². The van der Waals surface area contributed by atoms with E-state index in [-0.39, 0.29) is 0 Å². The van der Waals surface area contributed by atoms with Crippen LogP contribution in [0.15, 0.2) is 11.6 Å². The van der Waals surface area contributed by atoms with E-state index in [1.54, 1.807) is 5.57 Å². The molecule has 1 nitrogen and oxygen atoms in total. The van der Waals surface area contributed by atoms with Gasteiger partial charge in [0.15, 0.2) is 0 Å². The normalized spacial score (nSPS) is 26.2. The molecule has 1 aliphatic carbocycles. The molecule has 2 N–H and O–H groups in total. The average molecular weight is 251 g/mol. The molecule has 1 aliphatic rings. The van der Waals surface area contributed by atoms with Crippen molar-refractivity contribution in [3.63, 3.8) is 0 Å². The Kier molecular flexibility index (Phi) is 3.70. The fourth-order valence-corrected chi connectivity index (χ4v) is 1.83. The van der Waals surface area contributed by atoms with E-state index in [0.717, 1.165) is 16.9 Å². The molecule has 0 aromatic carbocycles. The van der Waals surface area contributed by atoms with E-state index in [1.165, 1.54) is 19.3 Å². The van der Waals surface area contributed by atoms with Crippen LogP contribution in [0.25, 0.3) is 0 Å². The van der Waals surface area contributed by atoms with Crippen LogP contribution in [0.2, 0.25) is 0 Å². The maximum atomic E-state index is 5.45. The molecule has 0 radical (unpaired) electrons. The summed E-state index contributed by atoms with van der Waals surface area (Å²) in [4.78, 5) is 0. The van der Waals surface area contributed by atoms with Crippen LogP contribution in [0.5, 0.6) is 0 Å². The van der Waals surface area contributed by atoms with Crippen molar-refractivity contribution in [2.75, 3.05) is 6.54 Å². The Labute approximate surface area is 76.2 Å². The summed E-state index contributed by atoms with van der Waals surface area (Å²) in [7, 11) is 0. The van der Waals surface area contributed by atoms with Gasteiger partial charge in [0, 0.05) is 3.92 Å². The zero-order chi connectivity index (χ0) is 7.40. The molecule has 1 atom stereocenters. The van der Waals surface area contributed by atoms with Gasteiger partial charge in [-0.2, -0.15) is 0 Å². The van der Waals surface area contributed by atoms with Gasteiger partial charge in [0.05, 0.1) is 0 Å². The highest BCUT2D eigenvalue weighted by molar-refractivity contribution is 14.1. The molecule has 0 saturated carbocycles. The van der Waals surface area contributed by atoms with Crippen molar-refractivity contribution in [3.05, 3.63) is 11.6 Å². The topological polar surface area (TPSA) is 26.0 Å². The van der Waals surface area contributed by atoms with Gasteiger partial charge in [-0.05, 0) is 32.2 Å². The number of hydrogen-bond donors (Lipinski definition) is 1. The molecule has 0 saturated heterocycles. The summed E-state index contributed by atoms with van der Waals surface area (Å²) < 4.78 is 0.874. The van der Waals surface area contributed by atoms with Crippen LogP contribution in [0.3, 0.4) is 0 Å². The number of nitrogens with two attached hydrogens (primary N) is 1. The Hall–Kier alpha value is 0.430. The summed E-state index contributed by atoms with van der Waals surface area (Å²) in [6, 6.07) is 0. The van der Waals surface area contributed by atoms with Gasteiger partial charge in [0.25, 0.3) is 0 Å². The number of alkyl halides is 1. The Morgan fingerprint density at radius 1 is 1.70 bits per heavy atom. The van der Waals surface area contributed by atoms with Gasteiger partial charge in [-0.25, -0.2) is 0 Å². The van der Waals surface area contributed by atoms with Gasteiger partial charge in [-0.15, -0.1) is 0 Å². The third-order valence-corrected chi connectivity index (χ3v) is 3.04. The average Bonchev–Trinajstić information content (AvgIpc) is 1.95. The monoisotopic (exact) mass is 251 g/mol. The standard InChI is InChI=1S/C8H14IN/c9-8-3-1-7(2-4-8)5-6-10/h1,8H,2-6,10H2. The fourth-order valence-electron chi connectivity index (χ4n) is 1.27. The number of halogens is 1. The molecule has 2 heteroatoms. The SMILES string of the molecule is NCCC1=CCC(I)CC1. The minimum absolute atomic E-state index is 0.817. The van der Waals surface area contributed by atoms with Crippen molar-refractivity contribution in [1.29, 1.82) is 0 Å². The summed E-state index contributed by atoms with van der Waals surface area (Å²) in [5.41, 5.74) is 7.03. The predicted octanol–water partition coefficient (Wildman–Crippen LogP) is 2.25. The van der Waals surface area contributed by atoms with E-state index >= 15 is 0 Å². The van der Waals surface area contributed by atoms with Crippen LogP contribution in [0.1, 0.15) is 25.7 Å². The van der Waals surface area contributed by atoms with Crippen molar-refractivity contribution in [3.8, 4) is 0 Å². The summed E-state index contributed by atoms with van der Waals surface area (Å²) in [6.07, 6.45) is 7.38. The second-order valence-corrected chi connectivity index (χ2v) is 4.53. The van der Waals surface area contributed by atoms with Gasteiger partial charge in [0.1, 0.15) is 0 Å². The van der Waals surface area contributed by atoms with E-state index in [9.17, 15) is 0 Å². The van der Waals surface area contributed by atoms with Gasteiger partial charge in [-0.1, -0.05) is 34.2 Å². The molecule has 0 aromatic rings. The first kappa shape index (κ1) is 8.53. The Balaban J connectivity index is 2.33. The third kappa shape index (κ3) is 2.58. The third-order valence-electron chi connectivity index (χ3n) is 1.91. The van der Waals surface area contributed by atoms with Gasteiger partial charge >= 0.3 is 0 Å². The molecule has 10 heavy (non-hydrogen) atoms. The smallest absolute Gasteiger partial charge is 0.0147 e. The molecule has 1 rings (SSSR count). The molecule has 0 aromatic heterocycles. The van der Waals surface area contributed by atoms with Crippen LogP contribution in [-0.4, -0.2) is 10.5 Å². The van der Waals surface area contributed by atoms with E-state index in [0.29, 0.717) is 0 Å². The van der Waals surface area contributed by atoms with Crippen LogP contribution in [-0.2, 0) is 0 Å². The van der Waals surface area contributed by atoms with Gasteiger partial charge in [0.2, 0.25) is 0 Å². The van der Waals surface area contributed by atoms with Gasteiger partial charge < -0.3 is 5.73 Å². The molecular weight excluding hydrogens is 237 g/mol. The Morgan fingerprint density at radius 3 is 3.00 bits per heavy atom. The molecule has 0 amide bonds. The first-order valence-electron chi connectivity index (χ1n) is 3.85. The number of rotatable bonds is 2. The second kappa shape index (κ2) is 4.34. The zero-order valence-electron chi connectivity index (χ0n) is 6.15. The highest BCUT2D eigenvalue weighted by atomic mass is 127. The highest BCUT2D eigenvalue weighted by Crippen LogP contribution is 2.25. The quantitative estimate of drug-likeness (QED) is 0.454. The van der Waals surface area contributed by atoms with Crippen LogP contribution in [0, 0.1) is 0 Å². The summed E-state index contributed by atoms with van der Waals surface area (Å²) in [5, 5.41) is 0. The molecule has 1 unspecified atom stereocenters. The Bertz CT molecular complexity index is 131. The minimum atomic E-state index is 0.817. The summed E-state index contributed by atoms with van der Waals surface area (Å²) in [6.45, 7) is 0.817. The first-order chi connectivity index (χ1) is 4.83. The lowest BCUT2D eigenvalue weighted by atomic mass is 9.97. The molecule has 0 bridgehead atoms. The van der Waals surface area contributed by atoms with Crippen molar-refractivity contribution in [2.45, 2.75) is 29.6 Å². The van der Waals surface area contributed by atoms with Gasteiger partial charge in [-0.3, -0.25) is 0 Å². The lowest BCUT2D eigenvalue weighted by Gasteiger charge is -2.16. The molecular formula is C8H14IN. The van der Waals surface area contributed by atoms with Crippen LogP contribution >= 0.6 is 22.6 Å². The van der Waals surface area contributed by atoms with E-state index in [1.807, 2.05) is 0 Å². The second-order valence-electron chi connectivity index (χ2n) is 2.77. The maximum absolute atomic E-state index is 5.45. The molecule has 0 heterocycles.